The van der Waals surface area contributed by atoms with Crippen molar-refractivity contribution in [2.45, 2.75) is 20.8 Å². The molecule has 8 heteroatoms. The Morgan fingerprint density at radius 2 is 1.61 bits per heavy atom. The molecule has 0 spiro atoms. The Morgan fingerprint density at radius 1 is 1.04 bits per heavy atom. The quantitative estimate of drug-likeness (QED) is 0.295. The monoisotopic (exact) mass is 404 g/mol. The van der Waals surface area contributed by atoms with Crippen LogP contribution in [0.4, 0.5) is 0 Å². The first kappa shape index (κ1) is 21.4. The van der Waals surface area contributed by atoms with Gasteiger partial charge in [0.2, 0.25) is 0 Å². The summed E-state index contributed by atoms with van der Waals surface area (Å²) in [6.45, 7) is 10.7. The van der Waals surface area contributed by atoms with Crippen molar-refractivity contribution in [2.75, 3.05) is 26.4 Å². The van der Waals surface area contributed by atoms with Crippen molar-refractivity contribution in [2.24, 2.45) is 0 Å². The van der Waals surface area contributed by atoms with Crippen LogP contribution in [0.1, 0.15) is 26.3 Å². The van der Waals surface area contributed by atoms with Crippen LogP contribution in [0.15, 0.2) is 30.4 Å². The molecule has 1 fully saturated rings. The van der Waals surface area contributed by atoms with Crippen LogP contribution in [-0.2, 0) is 9.59 Å². The highest BCUT2D eigenvalue weighted by molar-refractivity contribution is 7.80. The number of rotatable bonds is 9. The fraction of sp³-hybridized carbons (Fsp3) is 0.350. The van der Waals surface area contributed by atoms with Crippen molar-refractivity contribution in [3.8, 4) is 17.2 Å². The maximum Gasteiger partial charge on any atom is 0.265 e. The SMILES string of the molecule is C=CCN1C(=O)/C(=C/c2cc(OCC)c(OCC)cc2OCC)C(=O)NC1=S. The van der Waals surface area contributed by atoms with Crippen LogP contribution in [0.5, 0.6) is 17.2 Å². The van der Waals surface area contributed by atoms with Gasteiger partial charge in [0.1, 0.15) is 11.3 Å². The van der Waals surface area contributed by atoms with Gasteiger partial charge < -0.3 is 14.2 Å². The number of nitrogens with zero attached hydrogens (tertiary/aromatic N) is 1. The Bertz CT molecular complexity index is 819. The first-order valence-electron chi connectivity index (χ1n) is 9.02. The molecule has 0 unspecified atom stereocenters. The molecule has 28 heavy (non-hydrogen) atoms. The van der Waals surface area contributed by atoms with E-state index < -0.39 is 11.8 Å². The van der Waals surface area contributed by atoms with E-state index in [1.807, 2.05) is 20.8 Å². The molecule has 2 rings (SSSR count). The fourth-order valence-electron chi connectivity index (χ4n) is 2.63. The molecule has 0 aliphatic carbocycles. The lowest BCUT2D eigenvalue weighted by atomic mass is 10.1. The van der Waals surface area contributed by atoms with Gasteiger partial charge in [-0.3, -0.25) is 19.8 Å². The molecule has 1 aromatic carbocycles. The standard InChI is InChI=1S/C20H24N2O5S/c1-5-9-22-19(24)14(18(23)21-20(22)28)10-13-11-16(26-7-3)17(27-8-4)12-15(13)25-6-2/h5,10-12H,1,6-9H2,2-4H3,(H,21,23,28)/b14-10+. The number of amides is 2. The topological polar surface area (TPSA) is 77.1 Å². The van der Waals surface area contributed by atoms with E-state index in [0.29, 0.717) is 42.6 Å². The molecule has 1 saturated heterocycles. The highest BCUT2D eigenvalue weighted by atomic mass is 32.1. The summed E-state index contributed by atoms with van der Waals surface area (Å²) in [4.78, 5) is 26.4. The second kappa shape index (κ2) is 9.89. The van der Waals surface area contributed by atoms with Gasteiger partial charge in [0.25, 0.3) is 11.8 Å². The summed E-state index contributed by atoms with van der Waals surface area (Å²) in [5, 5.41) is 2.58. The van der Waals surface area contributed by atoms with Crippen molar-refractivity contribution in [3.63, 3.8) is 0 Å². The zero-order valence-electron chi connectivity index (χ0n) is 16.2. The summed E-state index contributed by atoms with van der Waals surface area (Å²) in [5.41, 5.74) is 0.474. The van der Waals surface area contributed by atoms with Crippen molar-refractivity contribution in [3.05, 3.63) is 35.9 Å². The van der Waals surface area contributed by atoms with Gasteiger partial charge >= 0.3 is 0 Å². The van der Waals surface area contributed by atoms with E-state index in [-0.39, 0.29) is 17.2 Å². The number of carbonyl (C=O) groups is 2. The Hall–Kier alpha value is -2.87. The van der Waals surface area contributed by atoms with Gasteiger partial charge in [0.05, 0.1) is 19.8 Å². The molecule has 2 amide bonds. The van der Waals surface area contributed by atoms with E-state index in [0.717, 1.165) is 0 Å². The molecule has 1 N–H and O–H groups in total. The molecule has 0 saturated carbocycles. The Labute approximate surface area is 169 Å². The zero-order chi connectivity index (χ0) is 20.7. The van der Waals surface area contributed by atoms with E-state index in [1.54, 1.807) is 12.1 Å². The molecule has 7 nitrogen and oxygen atoms in total. The summed E-state index contributed by atoms with van der Waals surface area (Å²) in [5.74, 6) is 0.448. The van der Waals surface area contributed by atoms with Crippen LogP contribution >= 0.6 is 12.2 Å². The zero-order valence-corrected chi connectivity index (χ0v) is 17.1. The van der Waals surface area contributed by atoms with Gasteiger partial charge in [-0.05, 0) is 45.1 Å². The molecule has 1 aliphatic heterocycles. The van der Waals surface area contributed by atoms with Crippen molar-refractivity contribution in [1.82, 2.24) is 10.2 Å². The predicted octanol–water partition coefficient (Wildman–Crippen LogP) is 2.70. The van der Waals surface area contributed by atoms with E-state index in [9.17, 15) is 9.59 Å². The Morgan fingerprint density at radius 3 is 2.18 bits per heavy atom. The van der Waals surface area contributed by atoms with Crippen LogP contribution in [0.25, 0.3) is 6.08 Å². The van der Waals surface area contributed by atoms with Crippen molar-refractivity contribution < 1.29 is 23.8 Å². The van der Waals surface area contributed by atoms with Crippen molar-refractivity contribution >= 4 is 35.2 Å². The molecule has 1 aliphatic rings. The minimum Gasteiger partial charge on any atom is -0.493 e. The first-order valence-corrected chi connectivity index (χ1v) is 9.43. The lowest BCUT2D eigenvalue weighted by Gasteiger charge is -2.28. The van der Waals surface area contributed by atoms with Gasteiger partial charge in [-0.1, -0.05) is 6.08 Å². The normalized spacial score (nSPS) is 15.5. The lowest BCUT2D eigenvalue weighted by molar-refractivity contribution is -0.128. The van der Waals surface area contributed by atoms with Crippen LogP contribution in [0.2, 0.25) is 0 Å². The van der Waals surface area contributed by atoms with Gasteiger partial charge in [-0.15, -0.1) is 6.58 Å². The number of carbonyl (C=O) groups excluding carboxylic acids is 2. The van der Waals surface area contributed by atoms with E-state index in [4.69, 9.17) is 26.4 Å². The van der Waals surface area contributed by atoms with E-state index in [1.165, 1.54) is 17.1 Å². The Kier molecular flexibility index (Phi) is 7.57. The number of hydrogen-bond donors (Lipinski definition) is 1. The molecule has 150 valence electrons. The summed E-state index contributed by atoms with van der Waals surface area (Å²) in [7, 11) is 0. The maximum atomic E-state index is 12.8. The van der Waals surface area contributed by atoms with E-state index in [2.05, 4.69) is 11.9 Å². The van der Waals surface area contributed by atoms with Crippen LogP contribution in [0, 0.1) is 0 Å². The number of ether oxygens (including phenoxy) is 3. The van der Waals surface area contributed by atoms with Gasteiger partial charge in [-0.25, -0.2) is 0 Å². The third-order valence-corrected chi connectivity index (χ3v) is 4.10. The lowest BCUT2D eigenvalue weighted by Crippen LogP contribution is -2.53. The molecule has 1 heterocycles. The van der Waals surface area contributed by atoms with Gasteiger partial charge in [-0.2, -0.15) is 0 Å². The second-order valence-electron chi connectivity index (χ2n) is 5.66. The molecule has 0 atom stereocenters. The number of hydrogen-bond acceptors (Lipinski definition) is 6. The molecule has 0 aromatic heterocycles. The average Bonchev–Trinajstić information content (AvgIpc) is 2.65. The third kappa shape index (κ3) is 4.69. The van der Waals surface area contributed by atoms with Crippen LogP contribution in [0.3, 0.4) is 0 Å². The molecule has 1 aromatic rings. The van der Waals surface area contributed by atoms with Crippen molar-refractivity contribution in [1.29, 1.82) is 0 Å². The minimum atomic E-state index is -0.565. The second-order valence-corrected chi connectivity index (χ2v) is 6.04. The van der Waals surface area contributed by atoms with Gasteiger partial charge in [0, 0.05) is 18.2 Å². The van der Waals surface area contributed by atoms with Crippen LogP contribution < -0.4 is 19.5 Å². The minimum absolute atomic E-state index is 0.0528. The highest BCUT2D eigenvalue weighted by Crippen LogP contribution is 2.36. The highest BCUT2D eigenvalue weighted by Gasteiger charge is 2.33. The summed E-state index contributed by atoms with van der Waals surface area (Å²) < 4.78 is 16.9. The number of thiocarbonyl (C=S) groups is 1. The Balaban J connectivity index is 2.55. The summed E-state index contributed by atoms with van der Waals surface area (Å²) in [6.07, 6.45) is 3.01. The molecular formula is C20H24N2O5S. The molecule has 0 radical (unpaired) electrons. The fourth-order valence-corrected chi connectivity index (χ4v) is 2.88. The van der Waals surface area contributed by atoms with Gasteiger partial charge in [0.15, 0.2) is 16.6 Å². The molecule has 0 bridgehead atoms. The number of benzene rings is 1. The largest absolute Gasteiger partial charge is 0.493 e. The molecular weight excluding hydrogens is 380 g/mol. The third-order valence-electron chi connectivity index (χ3n) is 3.77. The smallest absolute Gasteiger partial charge is 0.265 e. The van der Waals surface area contributed by atoms with Crippen LogP contribution in [-0.4, -0.2) is 48.2 Å². The average molecular weight is 404 g/mol. The number of nitrogens with one attached hydrogen (secondary N) is 1. The maximum absolute atomic E-state index is 12.8. The first-order chi connectivity index (χ1) is 13.5. The summed E-state index contributed by atoms with van der Waals surface area (Å²) >= 11 is 5.07. The predicted molar refractivity (Wildman–Crippen MR) is 111 cm³/mol. The van der Waals surface area contributed by atoms with E-state index >= 15 is 0 Å². The summed E-state index contributed by atoms with van der Waals surface area (Å²) in [6, 6.07) is 3.39.